The van der Waals surface area contributed by atoms with Crippen LogP contribution in [0.1, 0.15) is 17.0 Å². The van der Waals surface area contributed by atoms with E-state index in [1.54, 1.807) is 12.2 Å². The third-order valence-electron chi connectivity index (χ3n) is 4.28. The van der Waals surface area contributed by atoms with Gasteiger partial charge in [-0.1, -0.05) is 24.3 Å². The molecule has 1 aliphatic heterocycles. The van der Waals surface area contributed by atoms with Crippen LogP contribution in [-0.2, 0) is 9.59 Å². The van der Waals surface area contributed by atoms with Gasteiger partial charge < -0.3 is 4.57 Å². The van der Waals surface area contributed by atoms with Gasteiger partial charge in [-0.15, -0.1) is 6.58 Å². The molecule has 1 fully saturated rings. The van der Waals surface area contributed by atoms with E-state index in [0.29, 0.717) is 0 Å². The average Bonchev–Trinajstić information content (AvgIpc) is 2.89. The summed E-state index contributed by atoms with van der Waals surface area (Å²) in [6, 6.07) is 11.9. The number of amides is 2. The second kappa shape index (κ2) is 7.09. The lowest BCUT2D eigenvalue weighted by atomic mass is 10.1. The van der Waals surface area contributed by atoms with Crippen molar-refractivity contribution in [2.45, 2.75) is 13.8 Å². The number of carbonyl (C=O) groups is 2. The average molecular weight is 365 g/mol. The quantitative estimate of drug-likeness (QED) is 0.392. The number of aryl methyl sites for hydroxylation is 1. The normalized spacial score (nSPS) is 16.2. The molecule has 26 heavy (non-hydrogen) atoms. The van der Waals surface area contributed by atoms with Crippen LogP contribution in [0.4, 0.5) is 0 Å². The lowest BCUT2D eigenvalue weighted by Gasteiger charge is -2.27. The van der Waals surface area contributed by atoms with Crippen LogP contribution < -0.4 is 5.32 Å². The molecule has 0 bridgehead atoms. The van der Waals surface area contributed by atoms with E-state index in [-0.39, 0.29) is 17.2 Å². The first kappa shape index (κ1) is 17.8. The number of hydrogen-bond acceptors (Lipinski definition) is 3. The van der Waals surface area contributed by atoms with Gasteiger partial charge in [0.15, 0.2) is 5.11 Å². The van der Waals surface area contributed by atoms with Crippen molar-refractivity contribution in [3.8, 4) is 5.69 Å². The smallest absolute Gasteiger partial charge is 0.265 e. The van der Waals surface area contributed by atoms with Crippen molar-refractivity contribution in [3.05, 3.63) is 71.6 Å². The maximum atomic E-state index is 12.7. The number of hydrogen-bond donors (Lipinski definition) is 1. The number of aromatic nitrogens is 1. The topological polar surface area (TPSA) is 54.3 Å². The van der Waals surface area contributed by atoms with Crippen LogP contribution in [0.25, 0.3) is 11.8 Å². The molecule has 1 aliphatic rings. The number of benzene rings is 1. The molecule has 0 radical (unpaired) electrons. The monoisotopic (exact) mass is 365 g/mol. The highest BCUT2D eigenvalue weighted by molar-refractivity contribution is 7.80. The number of carbonyl (C=O) groups excluding carboxylic acids is 2. The zero-order valence-electron chi connectivity index (χ0n) is 14.7. The lowest BCUT2D eigenvalue weighted by Crippen LogP contribution is -2.53. The van der Waals surface area contributed by atoms with Gasteiger partial charge in [0.1, 0.15) is 5.57 Å². The fraction of sp³-hybridized carbons (Fsp3) is 0.150. The lowest BCUT2D eigenvalue weighted by molar-refractivity contribution is -0.128. The van der Waals surface area contributed by atoms with Crippen molar-refractivity contribution in [2.75, 3.05) is 6.54 Å². The Morgan fingerprint density at radius 2 is 1.88 bits per heavy atom. The molecule has 132 valence electrons. The standard InChI is InChI=1S/C20H19N3O2S/c1-4-10-22-19(25)17(18(24)21-20(22)26)12-15-11-13(2)23(14(15)3)16-8-6-5-7-9-16/h4-9,11-12H,1,10H2,2-3H3,(H,21,24,26)/b17-12-. The second-order valence-corrected chi connectivity index (χ2v) is 6.41. The van der Waals surface area contributed by atoms with E-state index < -0.39 is 11.8 Å². The van der Waals surface area contributed by atoms with Gasteiger partial charge in [0.25, 0.3) is 11.8 Å². The fourth-order valence-corrected chi connectivity index (χ4v) is 3.30. The van der Waals surface area contributed by atoms with E-state index in [4.69, 9.17) is 12.2 Å². The Hall–Kier alpha value is -2.99. The Morgan fingerprint density at radius 3 is 2.54 bits per heavy atom. The molecule has 1 N–H and O–H groups in total. The molecule has 2 heterocycles. The van der Waals surface area contributed by atoms with E-state index in [9.17, 15) is 9.59 Å². The van der Waals surface area contributed by atoms with Crippen molar-refractivity contribution in [1.29, 1.82) is 0 Å². The summed E-state index contributed by atoms with van der Waals surface area (Å²) in [4.78, 5) is 26.3. The first-order chi connectivity index (χ1) is 12.4. The van der Waals surface area contributed by atoms with Gasteiger partial charge in [-0.25, -0.2) is 0 Å². The van der Waals surface area contributed by atoms with Crippen molar-refractivity contribution < 1.29 is 9.59 Å². The zero-order chi connectivity index (χ0) is 18.8. The summed E-state index contributed by atoms with van der Waals surface area (Å²) in [5, 5.41) is 2.67. The molecule has 0 spiro atoms. The van der Waals surface area contributed by atoms with Gasteiger partial charge in [-0.3, -0.25) is 19.8 Å². The second-order valence-electron chi connectivity index (χ2n) is 6.02. The highest BCUT2D eigenvalue weighted by Crippen LogP contribution is 2.24. The minimum atomic E-state index is -0.482. The molecule has 2 amide bonds. The predicted octanol–water partition coefficient (Wildman–Crippen LogP) is 2.91. The number of nitrogens with zero attached hydrogens (tertiary/aromatic N) is 2. The molecule has 0 unspecified atom stereocenters. The Balaban J connectivity index is 2.05. The predicted molar refractivity (Wildman–Crippen MR) is 106 cm³/mol. The van der Waals surface area contributed by atoms with E-state index >= 15 is 0 Å². The minimum Gasteiger partial charge on any atom is -0.318 e. The molecule has 3 rings (SSSR count). The van der Waals surface area contributed by atoms with Crippen LogP contribution in [-0.4, -0.2) is 32.9 Å². The summed E-state index contributed by atoms with van der Waals surface area (Å²) >= 11 is 5.07. The van der Waals surface area contributed by atoms with Crippen LogP contribution in [0, 0.1) is 13.8 Å². The van der Waals surface area contributed by atoms with Gasteiger partial charge >= 0.3 is 0 Å². The SMILES string of the molecule is C=CCN1C(=O)/C(=C\c2cc(C)n(-c3ccccc3)c2C)C(=O)NC1=S. The summed E-state index contributed by atoms with van der Waals surface area (Å²) in [6.07, 6.45) is 3.19. The van der Waals surface area contributed by atoms with Gasteiger partial charge in [-0.2, -0.15) is 0 Å². The maximum absolute atomic E-state index is 12.7. The first-order valence-corrected chi connectivity index (χ1v) is 8.59. The van der Waals surface area contributed by atoms with Crippen LogP contribution in [0.3, 0.4) is 0 Å². The highest BCUT2D eigenvalue weighted by atomic mass is 32.1. The number of nitrogens with one attached hydrogen (secondary N) is 1. The summed E-state index contributed by atoms with van der Waals surface area (Å²) in [7, 11) is 0. The molecular weight excluding hydrogens is 346 g/mol. The largest absolute Gasteiger partial charge is 0.318 e. The minimum absolute atomic E-state index is 0.0637. The molecule has 1 aromatic heterocycles. The summed E-state index contributed by atoms with van der Waals surface area (Å²) in [5.74, 6) is -0.895. The van der Waals surface area contributed by atoms with Gasteiger partial charge in [0.2, 0.25) is 0 Å². The molecule has 2 aromatic rings. The van der Waals surface area contributed by atoms with Crippen LogP contribution in [0.15, 0.2) is 54.6 Å². The Morgan fingerprint density at radius 1 is 1.19 bits per heavy atom. The molecule has 6 heteroatoms. The van der Waals surface area contributed by atoms with E-state index in [2.05, 4.69) is 16.5 Å². The fourth-order valence-electron chi connectivity index (χ4n) is 3.05. The Bertz CT molecular complexity index is 941. The van der Waals surface area contributed by atoms with Crippen LogP contribution >= 0.6 is 12.2 Å². The molecule has 0 saturated carbocycles. The van der Waals surface area contributed by atoms with E-state index in [0.717, 1.165) is 22.6 Å². The first-order valence-electron chi connectivity index (χ1n) is 8.18. The Kier molecular flexibility index (Phi) is 4.86. The van der Waals surface area contributed by atoms with Gasteiger partial charge in [-0.05, 0) is 55.9 Å². The number of thiocarbonyl (C=S) groups is 1. The van der Waals surface area contributed by atoms with Crippen molar-refractivity contribution in [2.24, 2.45) is 0 Å². The van der Waals surface area contributed by atoms with E-state index in [1.165, 1.54) is 4.90 Å². The molecule has 5 nitrogen and oxygen atoms in total. The Labute approximate surface area is 157 Å². The highest BCUT2D eigenvalue weighted by Gasteiger charge is 2.32. The molecule has 1 aromatic carbocycles. The summed E-state index contributed by atoms with van der Waals surface area (Å²) in [6.45, 7) is 7.83. The third-order valence-corrected chi connectivity index (χ3v) is 4.60. The third kappa shape index (κ3) is 3.11. The van der Waals surface area contributed by atoms with Crippen molar-refractivity contribution in [1.82, 2.24) is 14.8 Å². The number of para-hydroxylation sites is 1. The molecule has 1 saturated heterocycles. The van der Waals surface area contributed by atoms with Crippen molar-refractivity contribution >= 4 is 35.2 Å². The molecule has 0 aliphatic carbocycles. The number of rotatable bonds is 4. The van der Waals surface area contributed by atoms with Crippen molar-refractivity contribution in [3.63, 3.8) is 0 Å². The molecule has 0 atom stereocenters. The van der Waals surface area contributed by atoms with Gasteiger partial charge in [0, 0.05) is 23.6 Å². The van der Waals surface area contributed by atoms with E-state index in [1.807, 2.05) is 50.2 Å². The van der Waals surface area contributed by atoms with Crippen LogP contribution in [0.5, 0.6) is 0 Å². The molecular formula is C20H19N3O2S. The summed E-state index contributed by atoms with van der Waals surface area (Å²) in [5.41, 5.74) is 3.87. The van der Waals surface area contributed by atoms with Gasteiger partial charge in [0.05, 0.1) is 0 Å². The summed E-state index contributed by atoms with van der Waals surface area (Å²) < 4.78 is 2.09. The van der Waals surface area contributed by atoms with Crippen LogP contribution in [0.2, 0.25) is 0 Å². The zero-order valence-corrected chi connectivity index (χ0v) is 15.5. The maximum Gasteiger partial charge on any atom is 0.265 e.